The quantitative estimate of drug-likeness (QED) is 0.615. The number of aliphatic hydroxyl groups excluding tert-OH is 1. The van der Waals surface area contributed by atoms with Gasteiger partial charge in [0.05, 0.1) is 37.8 Å². The Morgan fingerprint density at radius 3 is 2.12 bits per heavy atom. The minimum absolute atomic E-state index is 0.0150. The Bertz CT molecular complexity index is 180. The predicted octanol–water partition coefficient (Wildman–Crippen LogP) is 1.73. The minimum atomic E-state index is -0.433. The van der Waals surface area contributed by atoms with Crippen molar-refractivity contribution in [2.24, 2.45) is 0 Å². The third kappa shape index (κ3) is 9.96. The van der Waals surface area contributed by atoms with Crippen LogP contribution in [0.25, 0.3) is 0 Å². The third-order valence-electron chi connectivity index (χ3n) is 1.80. The Morgan fingerprint density at radius 2 is 1.56 bits per heavy atom. The summed E-state index contributed by atoms with van der Waals surface area (Å²) in [7, 11) is 0. The molecule has 0 radical (unpaired) electrons. The van der Waals surface area contributed by atoms with E-state index < -0.39 is 6.10 Å². The summed E-state index contributed by atoms with van der Waals surface area (Å²) in [5, 5.41) is 9.03. The second-order valence-electron chi connectivity index (χ2n) is 3.94. The molecular formula is C12H24O4. The van der Waals surface area contributed by atoms with E-state index in [9.17, 15) is 0 Å². The van der Waals surface area contributed by atoms with Gasteiger partial charge >= 0.3 is 0 Å². The van der Waals surface area contributed by atoms with Gasteiger partial charge in [-0.05, 0) is 27.7 Å². The summed E-state index contributed by atoms with van der Waals surface area (Å²) in [6.07, 6.45) is 3.07. The Morgan fingerprint density at radius 1 is 1.00 bits per heavy atom. The molecular weight excluding hydrogens is 208 g/mol. The Labute approximate surface area is 98.2 Å². The molecule has 1 N–H and O–H groups in total. The maximum absolute atomic E-state index is 9.03. The van der Waals surface area contributed by atoms with E-state index in [2.05, 4.69) is 0 Å². The molecule has 0 saturated heterocycles. The zero-order valence-corrected chi connectivity index (χ0v) is 10.7. The number of hydrogen-bond donors (Lipinski definition) is 1. The second kappa shape index (κ2) is 9.63. The highest BCUT2D eigenvalue weighted by Gasteiger charge is 2.08. The minimum Gasteiger partial charge on any atom is -0.499 e. The molecule has 4 nitrogen and oxygen atoms in total. The molecule has 0 aliphatic carbocycles. The van der Waals surface area contributed by atoms with E-state index in [4.69, 9.17) is 19.3 Å². The van der Waals surface area contributed by atoms with E-state index in [1.165, 1.54) is 0 Å². The molecule has 0 aromatic heterocycles. The lowest BCUT2D eigenvalue weighted by Crippen LogP contribution is -2.25. The van der Waals surface area contributed by atoms with Gasteiger partial charge in [-0.25, -0.2) is 0 Å². The van der Waals surface area contributed by atoms with Crippen LogP contribution in [-0.2, 0) is 14.2 Å². The van der Waals surface area contributed by atoms with Crippen molar-refractivity contribution in [3.8, 4) is 0 Å². The smallest absolute Gasteiger partial charge is 0.113 e. The zero-order chi connectivity index (χ0) is 12.4. The van der Waals surface area contributed by atoms with Crippen molar-refractivity contribution in [1.82, 2.24) is 0 Å². The molecule has 0 rings (SSSR count). The van der Waals surface area contributed by atoms with Gasteiger partial charge < -0.3 is 19.3 Å². The topological polar surface area (TPSA) is 47.9 Å². The lowest BCUT2D eigenvalue weighted by Gasteiger charge is -2.18. The van der Waals surface area contributed by atoms with E-state index >= 15 is 0 Å². The van der Waals surface area contributed by atoms with Crippen molar-refractivity contribution < 1.29 is 19.3 Å². The number of hydrogen-bond acceptors (Lipinski definition) is 4. The lowest BCUT2D eigenvalue weighted by molar-refractivity contribution is -0.0631. The van der Waals surface area contributed by atoms with Crippen molar-refractivity contribution in [3.05, 3.63) is 12.3 Å². The van der Waals surface area contributed by atoms with E-state index in [0.717, 1.165) is 0 Å². The van der Waals surface area contributed by atoms with Crippen LogP contribution in [0, 0.1) is 0 Å². The molecule has 4 heteroatoms. The van der Waals surface area contributed by atoms with Crippen LogP contribution in [0.3, 0.4) is 0 Å². The Hall–Kier alpha value is -0.580. The highest BCUT2D eigenvalue weighted by molar-refractivity contribution is 4.66. The van der Waals surface area contributed by atoms with Crippen molar-refractivity contribution in [2.75, 3.05) is 19.8 Å². The Kier molecular flexibility index (Phi) is 9.28. The van der Waals surface area contributed by atoms with Gasteiger partial charge in [0.1, 0.15) is 6.61 Å². The summed E-state index contributed by atoms with van der Waals surface area (Å²) in [6, 6.07) is 0. The molecule has 0 spiro atoms. The predicted molar refractivity (Wildman–Crippen MR) is 63.3 cm³/mol. The van der Waals surface area contributed by atoms with Gasteiger partial charge in [-0.1, -0.05) is 6.08 Å². The summed E-state index contributed by atoms with van der Waals surface area (Å²) >= 11 is 0. The van der Waals surface area contributed by atoms with Gasteiger partial charge in [-0.2, -0.15) is 0 Å². The number of ether oxygens (including phenoxy) is 3. The highest BCUT2D eigenvalue weighted by atomic mass is 16.6. The average Bonchev–Trinajstić information content (AvgIpc) is 2.24. The molecule has 0 bridgehead atoms. The first kappa shape index (κ1) is 15.4. The standard InChI is InChI=1S/C12H24O4/c1-5-6-14-8-11(3)16-9-12(4)15-7-10(2)13/h5-6,10-13H,7-9H2,1-4H3. The second-order valence-corrected chi connectivity index (χ2v) is 3.94. The maximum atomic E-state index is 9.03. The molecule has 0 aromatic carbocycles. The van der Waals surface area contributed by atoms with E-state index in [1.54, 1.807) is 13.2 Å². The molecule has 0 aromatic rings. The highest BCUT2D eigenvalue weighted by Crippen LogP contribution is 1.99. The zero-order valence-electron chi connectivity index (χ0n) is 10.7. The van der Waals surface area contributed by atoms with Crippen molar-refractivity contribution >= 4 is 0 Å². The summed E-state index contributed by atoms with van der Waals surface area (Å²) in [5.41, 5.74) is 0. The van der Waals surface area contributed by atoms with Gasteiger partial charge in [0, 0.05) is 0 Å². The van der Waals surface area contributed by atoms with Gasteiger partial charge in [-0.15, -0.1) is 0 Å². The summed E-state index contributed by atoms with van der Waals surface area (Å²) < 4.78 is 16.1. The normalized spacial score (nSPS) is 17.3. The van der Waals surface area contributed by atoms with Crippen LogP contribution >= 0.6 is 0 Å². The lowest BCUT2D eigenvalue weighted by atomic mass is 10.4. The molecule has 0 saturated carbocycles. The molecule has 3 atom stereocenters. The van der Waals surface area contributed by atoms with Crippen molar-refractivity contribution in [3.63, 3.8) is 0 Å². The number of aliphatic hydroxyl groups is 1. The molecule has 0 aliphatic rings. The average molecular weight is 232 g/mol. The number of rotatable bonds is 9. The first-order valence-corrected chi connectivity index (χ1v) is 5.70. The maximum Gasteiger partial charge on any atom is 0.113 e. The molecule has 0 heterocycles. The van der Waals surface area contributed by atoms with E-state index in [-0.39, 0.29) is 12.2 Å². The largest absolute Gasteiger partial charge is 0.499 e. The van der Waals surface area contributed by atoms with E-state index in [1.807, 2.05) is 26.8 Å². The van der Waals surface area contributed by atoms with Crippen LogP contribution in [0.2, 0.25) is 0 Å². The molecule has 96 valence electrons. The van der Waals surface area contributed by atoms with Crippen LogP contribution in [-0.4, -0.2) is 43.2 Å². The first-order chi connectivity index (χ1) is 7.56. The summed E-state index contributed by atoms with van der Waals surface area (Å²) in [5.74, 6) is 0. The molecule has 3 unspecified atom stereocenters. The van der Waals surface area contributed by atoms with Gasteiger partial charge in [-0.3, -0.25) is 0 Å². The van der Waals surface area contributed by atoms with Crippen LogP contribution in [0.1, 0.15) is 27.7 Å². The molecule has 16 heavy (non-hydrogen) atoms. The van der Waals surface area contributed by atoms with Crippen LogP contribution in [0.5, 0.6) is 0 Å². The van der Waals surface area contributed by atoms with Gasteiger partial charge in [0.15, 0.2) is 0 Å². The van der Waals surface area contributed by atoms with Crippen molar-refractivity contribution in [1.29, 1.82) is 0 Å². The van der Waals surface area contributed by atoms with Gasteiger partial charge in [0.25, 0.3) is 0 Å². The third-order valence-corrected chi connectivity index (χ3v) is 1.80. The van der Waals surface area contributed by atoms with Crippen LogP contribution < -0.4 is 0 Å². The molecule has 0 aliphatic heterocycles. The first-order valence-electron chi connectivity index (χ1n) is 5.70. The Balaban J connectivity index is 3.46. The fourth-order valence-corrected chi connectivity index (χ4v) is 0.987. The van der Waals surface area contributed by atoms with Crippen molar-refractivity contribution in [2.45, 2.75) is 46.0 Å². The van der Waals surface area contributed by atoms with Crippen LogP contribution in [0.15, 0.2) is 12.3 Å². The van der Waals surface area contributed by atoms with Gasteiger partial charge in [0.2, 0.25) is 0 Å². The molecule has 0 fully saturated rings. The molecule has 0 amide bonds. The fraction of sp³-hybridized carbons (Fsp3) is 0.833. The van der Waals surface area contributed by atoms with Crippen LogP contribution in [0.4, 0.5) is 0 Å². The monoisotopic (exact) mass is 232 g/mol. The van der Waals surface area contributed by atoms with E-state index in [0.29, 0.717) is 19.8 Å². The SMILES string of the molecule is CC=COCC(C)OCC(C)OCC(C)O. The summed E-state index contributed by atoms with van der Waals surface area (Å²) in [6.45, 7) is 8.85. The fourth-order valence-electron chi connectivity index (χ4n) is 0.987. The number of allylic oxidation sites excluding steroid dienone is 1. The summed E-state index contributed by atoms with van der Waals surface area (Å²) in [4.78, 5) is 0.